The Bertz CT molecular complexity index is 1730. The lowest BCUT2D eigenvalue weighted by molar-refractivity contribution is -0.138. The maximum Gasteiger partial charge on any atom is 0.338 e. The van der Waals surface area contributed by atoms with Crippen molar-refractivity contribution in [1.82, 2.24) is 4.57 Å². The second-order valence-corrected chi connectivity index (χ2v) is 10.1. The van der Waals surface area contributed by atoms with E-state index in [4.69, 9.17) is 18.9 Å². The van der Waals surface area contributed by atoms with Crippen LogP contribution in [0, 0.1) is 0 Å². The molecule has 2 aromatic heterocycles. The van der Waals surface area contributed by atoms with E-state index in [1.54, 1.807) is 24.7 Å². The molecule has 2 aromatic carbocycles. The summed E-state index contributed by atoms with van der Waals surface area (Å²) in [6.07, 6.45) is 1.73. The highest BCUT2D eigenvalue weighted by molar-refractivity contribution is 7.07. The number of rotatable bonds is 9. The molecule has 0 saturated carbocycles. The molecular formula is C31H31N3O5S. The highest BCUT2D eigenvalue weighted by atomic mass is 32.1. The fraction of sp³-hybridized carbons (Fsp3) is 0.258. The van der Waals surface area contributed by atoms with E-state index in [1.165, 1.54) is 11.3 Å². The molecular weight excluding hydrogens is 526 g/mol. The SMILES string of the molecule is CCOC(=O)C1=C(c2ccccc2)N=c2sc(=Cc3ccc(N(CC)CC)o3)c(=O)n2[C@@H]1c1cccc(OC)c1. The van der Waals surface area contributed by atoms with Crippen LogP contribution in [-0.2, 0) is 9.53 Å². The Morgan fingerprint density at radius 3 is 2.55 bits per heavy atom. The zero-order valence-electron chi connectivity index (χ0n) is 22.9. The van der Waals surface area contributed by atoms with Crippen molar-refractivity contribution in [2.24, 2.45) is 4.99 Å². The lowest BCUT2D eigenvalue weighted by Gasteiger charge is -2.26. The third-order valence-corrected chi connectivity index (χ3v) is 7.73. The van der Waals surface area contributed by atoms with Crippen molar-refractivity contribution >= 4 is 35.0 Å². The largest absolute Gasteiger partial charge is 0.497 e. The van der Waals surface area contributed by atoms with Gasteiger partial charge in [0.25, 0.3) is 5.56 Å². The Morgan fingerprint density at radius 2 is 1.85 bits per heavy atom. The minimum Gasteiger partial charge on any atom is -0.497 e. The van der Waals surface area contributed by atoms with Crippen LogP contribution in [0.5, 0.6) is 5.75 Å². The molecule has 1 atom stereocenters. The van der Waals surface area contributed by atoms with Gasteiger partial charge in [-0.05, 0) is 44.5 Å². The van der Waals surface area contributed by atoms with Crippen LogP contribution in [0.25, 0.3) is 11.8 Å². The van der Waals surface area contributed by atoms with Crippen molar-refractivity contribution in [3.8, 4) is 5.75 Å². The molecule has 3 heterocycles. The Kier molecular flexibility index (Phi) is 8.02. The first kappa shape index (κ1) is 27.2. The summed E-state index contributed by atoms with van der Waals surface area (Å²) in [5.41, 5.74) is 1.96. The molecule has 40 heavy (non-hydrogen) atoms. The number of ether oxygens (including phenoxy) is 2. The van der Waals surface area contributed by atoms with E-state index in [-0.39, 0.29) is 12.2 Å². The fourth-order valence-electron chi connectivity index (χ4n) is 4.82. The van der Waals surface area contributed by atoms with Crippen molar-refractivity contribution in [3.05, 3.63) is 109 Å². The Morgan fingerprint density at radius 1 is 1.07 bits per heavy atom. The van der Waals surface area contributed by atoms with E-state index in [9.17, 15) is 9.59 Å². The van der Waals surface area contributed by atoms with Gasteiger partial charge in [-0.1, -0.05) is 53.8 Å². The highest BCUT2D eigenvalue weighted by Crippen LogP contribution is 2.36. The van der Waals surface area contributed by atoms with E-state index in [2.05, 4.69) is 18.7 Å². The van der Waals surface area contributed by atoms with E-state index < -0.39 is 12.0 Å². The molecule has 0 aliphatic carbocycles. The zero-order chi connectivity index (χ0) is 28.2. The number of hydrogen-bond acceptors (Lipinski definition) is 8. The number of furan rings is 1. The summed E-state index contributed by atoms with van der Waals surface area (Å²) in [5, 5.41) is 0. The molecule has 5 rings (SSSR count). The molecule has 0 spiro atoms. The number of carbonyl (C=O) groups is 1. The predicted octanol–water partition coefficient (Wildman–Crippen LogP) is 4.38. The van der Waals surface area contributed by atoms with Gasteiger partial charge in [-0.3, -0.25) is 9.36 Å². The molecule has 0 bridgehead atoms. The monoisotopic (exact) mass is 557 g/mol. The predicted molar refractivity (Wildman–Crippen MR) is 156 cm³/mol. The standard InChI is InChI=1S/C31H31N3O5S/c1-5-33(6-2)25-17-16-23(39-25)19-24-29(35)34-28(21-14-11-15-22(18-21)37-4)26(30(36)38-7-3)27(32-31(34)40-24)20-12-9-8-10-13-20/h8-19,28H,5-7H2,1-4H3/t28-/m1/s1. The highest BCUT2D eigenvalue weighted by Gasteiger charge is 2.35. The molecule has 0 radical (unpaired) electrons. The number of thiazole rings is 1. The summed E-state index contributed by atoms with van der Waals surface area (Å²) < 4.78 is 19.1. The molecule has 4 aromatic rings. The van der Waals surface area contributed by atoms with E-state index in [0.29, 0.717) is 37.7 Å². The van der Waals surface area contributed by atoms with Gasteiger partial charge in [0.05, 0.1) is 35.6 Å². The minimum absolute atomic E-state index is 0.188. The molecule has 8 nitrogen and oxygen atoms in total. The topological polar surface area (TPSA) is 86.3 Å². The first-order valence-corrected chi connectivity index (χ1v) is 14.1. The van der Waals surface area contributed by atoms with Crippen LogP contribution >= 0.6 is 11.3 Å². The van der Waals surface area contributed by atoms with Gasteiger partial charge in [0, 0.05) is 30.8 Å². The number of nitrogens with zero attached hydrogens (tertiary/aromatic N) is 3. The van der Waals surface area contributed by atoms with Crippen LogP contribution in [0.1, 0.15) is 43.7 Å². The second-order valence-electron chi connectivity index (χ2n) is 9.06. The fourth-order valence-corrected chi connectivity index (χ4v) is 5.80. The third-order valence-electron chi connectivity index (χ3n) is 6.74. The summed E-state index contributed by atoms with van der Waals surface area (Å²) in [5.74, 6) is 1.40. The van der Waals surface area contributed by atoms with Gasteiger partial charge < -0.3 is 18.8 Å². The van der Waals surface area contributed by atoms with Crippen molar-refractivity contribution in [2.75, 3.05) is 31.7 Å². The molecule has 0 saturated heterocycles. The lowest BCUT2D eigenvalue weighted by Crippen LogP contribution is -2.40. The number of anilines is 1. The molecule has 0 unspecified atom stereocenters. The summed E-state index contributed by atoms with van der Waals surface area (Å²) in [6, 6.07) is 19.8. The van der Waals surface area contributed by atoms with Gasteiger partial charge >= 0.3 is 5.97 Å². The summed E-state index contributed by atoms with van der Waals surface area (Å²) >= 11 is 1.26. The van der Waals surface area contributed by atoms with Crippen LogP contribution in [-0.4, -0.2) is 37.3 Å². The molecule has 1 aliphatic rings. The van der Waals surface area contributed by atoms with E-state index in [1.807, 2.05) is 66.7 Å². The quantitative estimate of drug-likeness (QED) is 0.284. The van der Waals surface area contributed by atoms with E-state index >= 15 is 0 Å². The number of carbonyl (C=O) groups excluding carboxylic acids is 1. The second kappa shape index (κ2) is 11.8. The van der Waals surface area contributed by atoms with Crippen molar-refractivity contribution in [3.63, 3.8) is 0 Å². The van der Waals surface area contributed by atoms with Crippen LogP contribution in [0.15, 0.2) is 86.5 Å². The average Bonchev–Trinajstić information content (AvgIpc) is 3.57. The van der Waals surface area contributed by atoms with E-state index in [0.717, 1.165) is 24.5 Å². The molecule has 0 fully saturated rings. The lowest BCUT2D eigenvalue weighted by atomic mass is 9.93. The molecule has 0 N–H and O–H groups in total. The van der Waals surface area contributed by atoms with Crippen molar-refractivity contribution < 1.29 is 18.7 Å². The van der Waals surface area contributed by atoms with Gasteiger partial charge in [0.1, 0.15) is 11.5 Å². The minimum atomic E-state index is -0.773. The first-order chi connectivity index (χ1) is 19.5. The smallest absolute Gasteiger partial charge is 0.338 e. The van der Waals surface area contributed by atoms with Gasteiger partial charge in [0.2, 0.25) is 0 Å². The Balaban J connectivity index is 1.77. The van der Waals surface area contributed by atoms with Crippen LogP contribution in [0.4, 0.5) is 5.88 Å². The van der Waals surface area contributed by atoms with Crippen molar-refractivity contribution in [1.29, 1.82) is 0 Å². The Hall–Kier alpha value is -4.37. The van der Waals surface area contributed by atoms with Gasteiger partial charge in [-0.25, -0.2) is 9.79 Å². The number of esters is 1. The summed E-state index contributed by atoms with van der Waals surface area (Å²) in [6.45, 7) is 7.69. The van der Waals surface area contributed by atoms with Gasteiger partial charge in [-0.2, -0.15) is 0 Å². The average molecular weight is 558 g/mol. The third kappa shape index (κ3) is 5.12. The van der Waals surface area contributed by atoms with Crippen LogP contribution in [0.2, 0.25) is 0 Å². The molecule has 206 valence electrons. The number of methoxy groups -OCH3 is 1. The maximum absolute atomic E-state index is 14.0. The van der Waals surface area contributed by atoms with Crippen molar-refractivity contribution in [2.45, 2.75) is 26.8 Å². The van der Waals surface area contributed by atoms with Gasteiger partial charge in [-0.15, -0.1) is 0 Å². The van der Waals surface area contributed by atoms with Crippen LogP contribution < -0.4 is 24.5 Å². The molecule has 0 amide bonds. The summed E-state index contributed by atoms with van der Waals surface area (Å²) in [7, 11) is 1.58. The number of hydrogen-bond donors (Lipinski definition) is 0. The van der Waals surface area contributed by atoms with Gasteiger partial charge in [0.15, 0.2) is 10.7 Å². The zero-order valence-corrected chi connectivity index (χ0v) is 23.7. The molecule has 1 aliphatic heterocycles. The number of aromatic nitrogens is 1. The molecule has 9 heteroatoms. The normalized spacial score (nSPS) is 15.0. The maximum atomic E-state index is 14.0. The number of benzene rings is 2. The Labute approximate surface area is 236 Å². The van der Waals surface area contributed by atoms with Crippen LogP contribution in [0.3, 0.4) is 0 Å². The number of fused-ring (bicyclic) bond motifs is 1. The first-order valence-electron chi connectivity index (χ1n) is 13.3. The summed E-state index contributed by atoms with van der Waals surface area (Å²) in [4.78, 5) is 35.0.